The first-order chi connectivity index (χ1) is 8.66. The van der Waals surface area contributed by atoms with E-state index in [2.05, 4.69) is 26.5 Å². The summed E-state index contributed by atoms with van der Waals surface area (Å²) in [6.45, 7) is 5.98. The van der Waals surface area contributed by atoms with Crippen LogP contribution in [0.4, 0.5) is 0 Å². The van der Waals surface area contributed by atoms with Gasteiger partial charge in [-0.1, -0.05) is 29.9 Å². The van der Waals surface area contributed by atoms with Crippen LogP contribution >= 0.6 is 0 Å². The van der Waals surface area contributed by atoms with Crippen molar-refractivity contribution in [1.29, 1.82) is 0 Å². The average Bonchev–Trinajstić information content (AvgIpc) is 2.35. The van der Waals surface area contributed by atoms with E-state index in [0.29, 0.717) is 5.84 Å². The second-order valence-corrected chi connectivity index (χ2v) is 4.49. The lowest BCUT2D eigenvalue weighted by molar-refractivity contribution is 0.944. The lowest BCUT2D eigenvalue weighted by Gasteiger charge is -2.16. The van der Waals surface area contributed by atoms with Crippen LogP contribution in [0.1, 0.15) is 20.8 Å². The highest BCUT2D eigenvalue weighted by atomic mass is 15.3. The number of fused-ring (bicyclic) bond motifs is 1. The largest absolute Gasteiger partial charge is 0.184 e. The molecule has 0 spiro atoms. The maximum atomic E-state index is 4.19. The topological polar surface area (TPSA) is 49.4 Å². The molecule has 92 valence electrons. The van der Waals surface area contributed by atoms with Crippen LogP contribution in [0.25, 0.3) is 0 Å². The van der Waals surface area contributed by atoms with E-state index in [1.165, 1.54) is 5.57 Å². The molecular formula is C14H16N4. The zero-order valence-corrected chi connectivity index (χ0v) is 10.8. The first-order valence-corrected chi connectivity index (χ1v) is 5.89. The Morgan fingerprint density at radius 1 is 1.28 bits per heavy atom. The standard InChI is InChI=1S/C14H16N4/c1-10(2)8-11(3)16-18-14-13-7-5-4-6-12(13)9-15-17-14/h4-9,13H,1-3H3. The fourth-order valence-corrected chi connectivity index (χ4v) is 1.79. The fourth-order valence-electron chi connectivity index (χ4n) is 1.79. The van der Waals surface area contributed by atoms with Crippen LogP contribution in [0.3, 0.4) is 0 Å². The van der Waals surface area contributed by atoms with Crippen molar-refractivity contribution >= 4 is 11.5 Å². The van der Waals surface area contributed by atoms with Gasteiger partial charge in [-0.15, -0.1) is 10.2 Å². The van der Waals surface area contributed by atoms with E-state index in [1.54, 1.807) is 6.20 Å². The van der Waals surface area contributed by atoms with Gasteiger partial charge in [0.1, 0.15) is 0 Å². The van der Waals surface area contributed by atoms with Gasteiger partial charge in [-0.3, -0.25) is 0 Å². The molecule has 18 heavy (non-hydrogen) atoms. The third kappa shape index (κ3) is 2.97. The minimum Gasteiger partial charge on any atom is -0.157 e. The Labute approximate surface area is 107 Å². The summed E-state index contributed by atoms with van der Waals surface area (Å²) in [6, 6.07) is 0. The molecule has 0 fully saturated rings. The summed E-state index contributed by atoms with van der Waals surface area (Å²) in [5, 5.41) is 16.4. The molecule has 0 bridgehead atoms. The minimum absolute atomic E-state index is 0.0794. The summed E-state index contributed by atoms with van der Waals surface area (Å²) in [4.78, 5) is 0. The van der Waals surface area contributed by atoms with E-state index in [9.17, 15) is 0 Å². The number of azo groups is 1. The van der Waals surface area contributed by atoms with Gasteiger partial charge in [-0.05, 0) is 32.4 Å². The molecule has 2 aliphatic rings. The molecule has 0 aromatic carbocycles. The van der Waals surface area contributed by atoms with E-state index in [1.807, 2.05) is 45.1 Å². The number of hydrogen-bond donors (Lipinski definition) is 0. The maximum Gasteiger partial charge on any atom is 0.184 e. The molecule has 1 unspecified atom stereocenters. The van der Waals surface area contributed by atoms with Crippen molar-refractivity contribution in [3.05, 3.63) is 47.7 Å². The van der Waals surface area contributed by atoms with Gasteiger partial charge >= 0.3 is 0 Å². The number of hydrogen-bond acceptors (Lipinski definition) is 3. The summed E-state index contributed by atoms with van der Waals surface area (Å²) in [6.07, 6.45) is 11.8. The van der Waals surface area contributed by atoms with Gasteiger partial charge in [-0.2, -0.15) is 10.2 Å². The SMILES string of the molecule is CC(C)=CC(C)=NN=C1N=NC=C2C=CC=CC21. The molecule has 0 amide bonds. The van der Waals surface area contributed by atoms with Crippen LogP contribution in [-0.4, -0.2) is 11.5 Å². The summed E-state index contributed by atoms with van der Waals surface area (Å²) in [7, 11) is 0. The zero-order valence-electron chi connectivity index (χ0n) is 10.8. The number of rotatable bonds is 2. The van der Waals surface area contributed by atoms with E-state index in [0.717, 1.165) is 11.3 Å². The van der Waals surface area contributed by atoms with E-state index in [-0.39, 0.29) is 5.92 Å². The van der Waals surface area contributed by atoms with E-state index in [4.69, 9.17) is 0 Å². The van der Waals surface area contributed by atoms with Crippen molar-refractivity contribution in [1.82, 2.24) is 0 Å². The van der Waals surface area contributed by atoms with Crippen molar-refractivity contribution in [2.45, 2.75) is 20.8 Å². The second kappa shape index (κ2) is 5.49. The van der Waals surface area contributed by atoms with Gasteiger partial charge in [0.05, 0.1) is 17.8 Å². The summed E-state index contributed by atoms with van der Waals surface area (Å²) < 4.78 is 0. The molecule has 0 saturated heterocycles. The highest BCUT2D eigenvalue weighted by Gasteiger charge is 2.21. The second-order valence-electron chi connectivity index (χ2n) is 4.49. The Morgan fingerprint density at radius 2 is 2.11 bits per heavy atom. The van der Waals surface area contributed by atoms with Gasteiger partial charge in [-0.25, -0.2) is 0 Å². The molecule has 0 radical (unpaired) electrons. The van der Waals surface area contributed by atoms with Gasteiger partial charge < -0.3 is 0 Å². The van der Waals surface area contributed by atoms with Crippen LogP contribution < -0.4 is 0 Å². The van der Waals surface area contributed by atoms with Crippen LogP contribution in [-0.2, 0) is 0 Å². The highest BCUT2D eigenvalue weighted by molar-refractivity contribution is 5.95. The lowest BCUT2D eigenvalue weighted by atomic mass is 9.94. The van der Waals surface area contributed by atoms with E-state index >= 15 is 0 Å². The molecule has 1 atom stereocenters. The normalized spacial score (nSPS) is 23.9. The molecule has 4 nitrogen and oxygen atoms in total. The van der Waals surface area contributed by atoms with Crippen molar-refractivity contribution in [3.8, 4) is 0 Å². The lowest BCUT2D eigenvalue weighted by Crippen LogP contribution is -2.15. The fraction of sp³-hybridized carbons (Fsp3) is 0.286. The first kappa shape index (κ1) is 12.4. The molecule has 0 aromatic heterocycles. The van der Waals surface area contributed by atoms with Gasteiger partial charge in [0.15, 0.2) is 5.84 Å². The van der Waals surface area contributed by atoms with Crippen molar-refractivity contribution in [2.75, 3.05) is 0 Å². The molecular weight excluding hydrogens is 224 g/mol. The third-order valence-corrected chi connectivity index (χ3v) is 2.52. The molecule has 1 aliphatic heterocycles. The Balaban J connectivity index is 2.22. The van der Waals surface area contributed by atoms with Crippen molar-refractivity contribution in [2.24, 2.45) is 26.3 Å². The molecule has 0 aromatic rings. The maximum absolute atomic E-state index is 4.19. The highest BCUT2D eigenvalue weighted by Crippen LogP contribution is 2.24. The Bertz CT molecular complexity index is 538. The van der Waals surface area contributed by atoms with Crippen LogP contribution in [0, 0.1) is 5.92 Å². The molecule has 0 saturated carbocycles. The van der Waals surface area contributed by atoms with Gasteiger partial charge in [0.2, 0.25) is 0 Å². The van der Waals surface area contributed by atoms with Crippen molar-refractivity contribution < 1.29 is 0 Å². The Hall–Kier alpha value is -2.10. The molecule has 1 heterocycles. The molecule has 2 rings (SSSR count). The number of amidine groups is 1. The van der Waals surface area contributed by atoms with Gasteiger partial charge in [0, 0.05) is 0 Å². The predicted octanol–water partition coefficient (Wildman–Crippen LogP) is 3.82. The predicted molar refractivity (Wildman–Crippen MR) is 74.7 cm³/mol. The Morgan fingerprint density at radius 3 is 2.89 bits per heavy atom. The average molecular weight is 240 g/mol. The summed E-state index contributed by atoms with van der Waals surface area (Å²) in [5.41, 5.74) is 3.16. The van der Waals surface area contributed by atoms with Crippen LogP contribution in [0.15, 0.2) is 68.2 Å². The smallest absolute Gasteiger partial charge is 0.157 e. The summed E-state index contributed by atoms with van der Waals surface area (Å²) in [5.74, 6) is 0.713. The minimum atomic E-state index is 0.0794. The zero-order chi connectivity index (χ0) is 13.0. The van der Waals surface area contributed by atoms with Crippen molar-refractivity contribution in [3.63, 3.8) is 0 Å². The summed E-state index contributed by atoms with van der Waals surface area (Å²) >= 11 is 0. The van der Waals surface area contributed by atoms with Gasteiger partial charge in [0.25, 0.3) is 0 Å². The Kier molecular flexibility index (Phi) is 3.77. The first-order valence-electron chi connectivity index (χ1n) is 5.89. The molecule has 4 heteroatoms. The van der Waals surface area contributed by atoms with E-state index < -0.39 is 0 Å². The number of allylic oxidation sites excluding steroid dienone is 5. The van der Waals surface area contributed by atoms with Crippen LogP contribution in [0.2, 0.25) is 0 Å². The van der Waals surface area contributed by atoms with Crippen LogP contribution in [0.5, 0.6) is 0 Å². The molecule has 1 aliphatic carbocycles. The monoisotopic (exact) mass is 240 g/mol. The number of nitrogens with zero attached hydrogens (tertiary/aromatic N) is 4. The third-order valence-electron chi connectivity index (χ3n) is 2.52. The quantitative estimate of drug-likeness (QED) is 0.520. The molecule has 0 N–H and O–H groups in total.